The molecule has 101 heavy (non-hydrogen) atoms. The molecule has 5 saturated heterocycles. The first-order chi connectivity index (χ1) is 41.2. The van der Waals surface area contributed by atoms with Crippen molar-refractivity contribution in [1.29, 1.82) is 0 Å². The van der Waals surface area contributed by atoms with Gasteiger partial charge in [0.1, 0.15) is 116 Å². The summed E-state index contributed by atoms with van der Waals surface area (Å²) < 4.78 is 359. The third-order valence-electron chi connectivity index (χ3n) is 12.4. The van der Waals surface area contributed by atoms with Crippen molar-refractivity contribution in [2.45, 2.75) is 153 Å². The van der Waals surface area contributed by atoms with E-state index in [2.05, 4.69) is 20.9 Å². The van der Waals surface area contributed by atoms with Crippen molar-refractivity contribution in [2.24, 2.45) is 0 Å². The molecule has 0 aromatic carbocycles. The Balaban J connectivity index is -0.00000226. The zero-order valence-electron chi connectivity index (χ0n) is 53.6. The standard InChI is InChI=1S/C31H53N3O49S8.10Na/c1-69-27-9(33-85(48,49)50)13(37)17(6(74-27)3-71-88(57,58)59)76-31-22(83-91(66,67)68)16(40)21(24(81-31)26(43)44)79-29-10(34-86(51,52)53)19(82-90(63,64)65)18(7(75-29)4-72-89(60,61)62)77-30-15(39)14(38)20(23(80-30)25(41)42)78-28-8(32-84(45,46)47)12(36)11(35)5(73-28)2-70-87(54,55)56;;;;;;;;;;/h5-24,27-40H,2-4H2,1H3,(H,41,42)(H,43,44)(H,45,46,47)(H,48,49,50)(H,51,52,53)(H,54,55,56)(H,57,58,59)(H,60,61,62)(H,63,64,65)(H,66,67,68);;;;;;;;;;/q;10*+1/p-10/t5-,6-,7-,8-,9-,10-,11-,12-,13-,14-,15-,16+,17-,18-,19-,20+,21+,22-,23+,24-,27+,28-,29+,30-,31-;;;;;;;;;;/m1........../s1. The number of aliphatic carboxylic acids is 2. The maximum Gasteiger partial charge on any atom is 1.00 e. The van der Waals surface area contributed by atoms with Crippen LogP contribution in [0.15, 0.2) is 0 Å². The Morgan fingerprint density at radius 3 is 1.04 bits per heavy atom. The number of aliphatic hydroxyl groups is 6. The van der Waals surface area contributed by atoms with Gasteiger partial charge in [-0.1, -0.05) is 0 Å². The molecule has 0 aromatic rings. The maximum absolute atomic E-state index is 12.8. The van der Waals surface area contributed by atoms with Crippen molar-refractivity contribution in [2.75, 3.05) is 26.9 Å². The SMILES string of the molecule is CO[C@H]1O[C@H](COS(=O)(=O)[O-])[C@@H](O[C@@H]2O[C@@H](C(=O)[O-])[C@@H](O[C@@H]3O[C@H](COS(=O)(=O)[O-])[C@@H](O[C@@H]4O[C@H](C(=O)[O-])[C@@H](O[C@H]5O[C@H](COS(=O)(=O)[O-])[C@@H](O)[C@H](O)[C@H]5NS(=O)(=O)[O-])[C@H](O)[C@H]4O)[C@H](OS(=O)(=O)[O-])[C@H]3NS(=O)(=O)[O-])[C@H](O)[C@H]2OS(=O)(=O)[O-])[C@H](O)[C@H]1NS(=O)(=O)[O-].[Na+].[Na+].[Na+].[Na+].[Na+].[Na+].[Na+].[Na+].[Na+].[Na+]. The molecule has 0 amide bonds. The third kappa shape index (κ3) is 38.3. The molecule has 52 nitrogen and oxygen atoms in total. The first-order valence-corrected chi connectivity index (χ1v) is 34.3. The van der Waals surface area contributed by atoms with Gasteiger partial charge >= 0.3 is 296 Å². The summed E-state index contributed by atoms with van der Waals surface area (Å²) in [6.45, 7) is -5.44. The van der Waals surface area contributed by atoms with Crippen LogP contribution in [-0.2, 0) is 161 Å². The van der Waals surface area contributed by atoms with Crippen LogP contribution in [0.25, 0.3) is 0 Å². The summed E-state index contributed by atoms with van der Waals surface area (Å²) >= 11 is 0. The summed E-state index contributed by atoms with van der Waals surface area (Å²) in [5.74, 6) is -5.54. The quantitative estimate of drug-likeness (QED) is 0.0183. The van der Waals surface area contributed by atoms with Crippen molar-refractivity contribution in [3.63, 3.8) is 0 Å². The van der Waals surface area contributed by atoms with Gasteiger partial charge in [-0.15, -0.1) is 0 Å². The van der Waals surface area contributed by atoms with E-state index in [-0.39, 0.29) is 296 Å². The summed E-state index contributed by atoms with van der Waals surface area (Å²) in [6, 6.07) is -8.60. The van der Waals surface area contributed by atoms with Crippen LogP contribution < -0.4 is 320 Å². The van der Waals surface area contributed by atoms with E-state index in [4.69, 9.17) is 47.4 Å². The van der Waals surface area contributed by atoms with Gasteiger partial charge in [-0.3, -0.25) is 20.9 Å². The fourth-order valence-corrected chi connectivity index (χ4v) is 12.6. The fraction of sp³-hybridized carbons (Fsp3) is 0.935. The Morgan fingerprint density at radius 2 is 0.653 bits per heavy atom. The zero-order valence-corrected chi connectivity index (χ0v) is 80.1. The number of methoxy groups -OCH3 is 1. The number of carbonyl (C=O) groups excluding carboxylic acids is 2. The summed E-state index contributed by atoms with van der Waals surface area (Å²) in [7, 11) is -48.4. The fourth-order valence-electron chi connectivity index (χ4n) is 8.93. The number of nitrogens with one attached hydrogen (secondary N) is 3. The Bertz CT molecular complexity index is 3530. The molecule has 0 bridgehead atoms. The minimum Gasteiger partial charge on any atom is -0.735 e. The number of carbonyl (C=O) groups is 2. The van der Waals surface area contributed by atoms with E-state index in [1.807, 2.05) is 0 Å². The van der Waals surface area contributed by atoms with Gasteiger partial charge in [0.2, 0.25) is 52.0 Å². The van der Waals surface area contributed by atoms with E-state index in [0.29, 0.717) is 7.11 Å². The Labute approximate surface area is 793 Å². The molecule has 5 fully saturated rings. The van der Waals surface area contributed by atoms with Crippen molar-refractivity contribution >= 4 is 94.8 Å². The smallest absolute Gasteiger partial charge is 0.735 e. The molecule has 25 atom stereocenters. The molecule has 0 spiro atoms. The number of ether oxygens (including phenoxy) is 10. The van der Waals surface area contributed by atoms with E-state index in [9.17, 15) is 154 Å². The summed E-state index contributed by atoms with van der Waals surface area (Å²) in [4.78, 5) is 25.5. The molecule has 9 N–H and O–H groups in total. The second-order valence-corrected chi connectivity index (χ2v) is 27.1. The van der Waals surface area contributed by atoms with E-state index >= 15 is 0 Å². The molecule has 0 radical (unpaired) electrons. The van der Waals surface area contributed by atoms with Gasteiger partial charge in [0, 0.05) is 7.11 Å². The summed E-state index contributed by atoms with van der Waals surface area (Å²) in [6.07, 6.45) is -66.6. The predicted octanol–water partition coefficient (Wildman–Crippen LogP) is -49.1. The molecule has 70 heteroatoms. The van der Waals surface area contributed by atoms with Gasteiger partial charge in [0.05, 0.1) is 31.8 Å². The third-order valence-corrected chi connectivity index (χ3v) is 16.2. The van der Waals surface area contributed by atoms with Crippen LogP contribution in [0, 0.1) is 0 Å². The van der Waals surface area contributed by atoms with E-state index in [0.717, 1.165) is 9.44 Å². The topological polar surface area (TPSA) is 834 Å². The molecule has 0 aliphatic carbocycles. The van der Waals surface area contributed by atoms with Crippen molar-refractivity contribution < 1.29 is 518 Å². The van der Waals surface area contributed by atoms with Crippen LogP contribution in [0.5, 0.6) is 0 Å². The van der Waals surface area contributed by atoms with E-state index in [1.165, 1.54) is 4.72 Å². The number of rotatable bonds is 30. The van der Waals surface area contributed by atoms with Crippen LogP contribution in [0.4, 0.5) is 0 Å². The average Bonchev–Trinajstić information content (AvgIpc) is 0.764. The molecular weight excluding hydrogens is 1680 g/mol. The van der Waals surface area contributed by atoms with Gasteiger partial charge in [0.15, 0.2) is 68.5 Å². The first kappa shape index (κ1) is 119. The molecular formula is C31H43N3Na10O49S8. The predicted molar refractivity (Wildman–Crippen MR) is 242 cm³/mol. The minimum absolute atomic E-state index is 0. The number of aliphatic hydroxyl groups excluding tert-OH is 6. The van der Waals surface area contributed by atoms with E-state index in [1.54, 1.807) is 0 Å². The van der Waals surface area contributed by atoms with Crippen molar-refractivity contribution in [3.05, 3.63) is 0 Å². The van der Waals surface area contributed by atoms with Gasteiger partial charge in [-0.05, 0) is 0 Å². The molecule has 534 valence electrons. The van der Waals surface area contributed by atoms with Crippen LogP contribution in [0.2, 0.25) is 0 Å². The second kappa shape index (κ2) is 49.0. The molecule has 5 rings (SSSR count). The Morgan fingerprint density at radius 1 is 0.337 bits per heavy atom. The van der Waals surface area contributed by atoms with Gasteiger partial charge in [0.25, 0.3) is 0 Å². The second-order valence-electron chi connectivity index (χ2n) is 18.5. The largest absolute Gasteiger partial charge is 1.00 e. The zero-order chi connectivity index (χ0) is 69.4. The molecule has 5 heterocycles. The van der Waals surface area contributed by atoms with Gasteiger partial charge in [-0.25, -0.2) is 81.5 Å². The first-order valence-electron chi connectivity index (χ1n) is 23.4. The number of hydrogen-bond acceptors (Lipinski definition) is 49. The van der Waals surface area contributed by atoms with Crippen LogP contribution in [0.1, 0.15) is 0 Å². The molecule has 5 aliphatic heterocycles. The minimum atomic E-state index is -6.68. The van der Waals surface area contributed by atoms with Crippen LogP contribution in [-0.4, -0.2) is 327 Å². The molecule has 0 unspecified atom stereocenters. The van der Waals surface area contributed by atoms with Crippen molar-refractivity contribution in [3.8, 4) is 0 Å². The number of hydrogen-bond donors (Lipinski definition) is 9. The Kier molecular flexibility index (Phi) is 57.7. The Hall–Kier alpha value is 7.26. The molecule has 0 saturated carbocycles. The van der Waals surface area contributed by atoms with E-state index < -0.39 is 268 Å². The maximum atomic E-state index is 12.8. The molecule has 0 aromatic heterocycles. The van der Waals surface area contributed by atoms with Gasteiger partial charge < -0.3 is 134 Å². The van der Waals surface area contributed by atoms with Crippen LogP contribution >= 0.6 is 0 Å². The monoisotopic (exact) mass is 1730 g/mol. The average molecular weight is 1730 g/mol. The van der Waals surface area contributed by atoms with Crippen molar-refractivity contribution in [1.82, 2.24) is 14.2 Å². The van der Waals surface area contributed by atoms with Gasteiger partial charge in [-0.2, -0.15) is 0 Å². The normalized spacial score (nSPS) is 34.8. The number of carboxylic acids is 2. The molecule has 5 aliphatic rings. The van der Waals surface area contributed by atoms with Crippen LogP contribution in [0.3, 0.4) is 0 Å². The summed E-state index contributed by atoms with van der Waals surface area (Å²) in [5, 5.41) is 92.1. The number of carboxylic acid groups (broad SMARTS) is 2. The summed E-state index contributed by atoms with van der Waals surface area (Å²) in [5.41, 5.74) is 0.